The number of hydrogen-bond acceptors (Lipinski definition) is 3. The molecule has 0 N–H and O–H groups in total. The molecule has 2 aliphatic rings. The Balaban J connectivity index is 1.75. The van der Waals surface area contributed by atoms with Gasteiger partial charge in [-0.2, -0.15) is 0 Å². The van der Waals surface area contributed by atoms with E-state index < -0.39 is 0 Å². The van der Waals surface area contributed by atoms with Crippen LogP contribution in [0.25, 0.3) is 0 Å². The Morgan fingerprint density at radius 1 is 1.00 bits per heavy atom. The normalized spacial score (nSPS) is 19.9. The topological polar surface area (TPSA) is 18.8 Å². The molecule has 100 valence electrons. The Labute approximate surface area is 119 Å². The zero-order chi connectivity index (χ0) is 13.5. The number of rotatable bonds is 2. The van der Waals surface area contributed by atoms with E-state index in [1.165, 1.54) is 16.9 Å². The molecule has 2 aliphatic heterocycles. The first-order valence-corrected chi connectivity index (χ1v) is 7.15. The standard InChI is InChI=1S/C17H17N3/c1-2-19-15-10-6-7-11-16(15)20-12-14(18-17(19)20)13-8-4-3-5-9-13/h3-11,14H,2,12H2,1H3/t14-/m1/s1. The summed E-state index contributed by atoms with van der Waals surface area (Å²) < 4.78 is 0. The molecular weight excluding hydrogens is 246 g/mol. The maximum absolute atomic E-state index is 4.96. The van der Waals surface area contributed by atoms with Gasteiger partial charge in [0.15, 0.2) is 0 Å². The van der Waals surface area contributed by atoms with Crippen molar-refractivity contribution in [3.63, 3.8) is 0 Å². The fourth-order valence-electron chi connectivity index (χ4n) is 3.12. The number of guanidine groups is 1. The molecule has 2 aromatic carbocycles. The summed E-state index contributed by atoms with van der Waals surface area (Å²) in [5, 5.41) is 0. The summed E-state index contributed by atoms with van der Waals surface area (Å²) >= 11 is 0. The molecule has 0 saturated heterocycles. The van der Waals surface area contributed by atoms with Gasteiger partial charge in [-0.15, -0.1) is 0 Å². The summed E-state index contributed by atoms with van der Waals surface area (Å²) in [6.45, 7) is 4.07. The Kier molecular flexibility index (Phi) is 2.52. The van der Waals surface area contributed by atoms with E-state index in [0.29, 0.717) is 0 Å². The van der Waals surface area contributed by atoms with Gasteiger partial charge < -0.3 is 9.80 Å². The van der Waals surface area contributed by atoms with Crippen LogP contribution in [-0.2, 0) is 0 Å². The summed E-state index contributed by atoms with van der Waals surface area (Å²) in [5.41, 5.74) is 3.86. The molecule has 0 aromatic heterocycles. The van der Waals surface area contributed by atoms with E-state index in [1.54, 1.807) is 0 Å². The largest absolute Gasteiger partial charge is 0.310 e. The van der Waals surface area contributed by atoms with Crippen LogP contribution in [0.4, 0.5) is 11.4 Å². The number of aliphatic imine (C=N–C) groups is 1. The van der Waals surface area contributed by atoms with Crippen LogP contribution in [0, 0.1) is 0 Å². The van der Waals surface area contributed by atoms with Crippen LogP contribution in [0.15, 0.2) is 59.6 Å². The fraction of sp³-hybridized carbons (Fsp3) is 0.235. The van der Waals surface area contributed by atoms with E-state index in [1.807, 2.05) is 0 Å². The van der Waals surface area contributed by atoms with Crippen LogP contribution >= 0.6 is 0 Å². The van der Waals surface area contributed by atoms with E-state index >= 15 is 0 Å². The quantitative estimate of drug-likeness (QED) is 0.826. The van der Waals surface area contributed by atoms with E-state index in [9.17, 15) is 0 Å². The minimum absolute atomic E-state index is 0.244. The van der Waals surface area contributed by atoms with Crippen molar-refractivity contribution in [1.29, 1.82) is 0 Å². The molecule has 0 unspecified atom stereocenters. The second-order valence-corrected chi connectivity index (χ2v) is 5.20. The van der Waals surface area contributed by atoms with E-state index in [-0.39, 0.29) is 6.04 Å². The van der Waals surface area contributed by atoms with Gasteiger partial charge in [0.05, 0.1) is 24.0 Å². The Morgan fingerprint density at radius 3 is 2.45 bits per heavy atom. The SMILES string of the molecule is CCN1C2=N[C@@H](c3ccccc3)CN2c2ccccc21. The Bertz CT molecular complexity index is 663. The third-order valence-electron chi connectivity index (χ3n) is 4.07. The summed E-state index contributed by atoms with van der Waals surface area (Å²) in [6, 6.07) is 19.4. The molecule has 2 heterocycles. The van der Waals surface area contributed by atoms with Crippen molar-refractivity contribution in [1.82, 2.24) is 0 Å². The lowest BCUT2D eigenvalue weighted by Crippen LogP contribution is -2.35. The van der Waals surface area contributed by atoms with Crippen molar-refractivity contribution in [3.8, 4) is 0 Å². The number of hydrogen-bond donors (Lipinski definition) is 0. The molecule has 0 aliphatic carbocycles. The number of para-hydroxylation sites is 2. The molecule has 1 atom stereocenters. The number of anilines is 2. The maximum atomic E-state index is 4.96. The smallest absolute Gasteiger partial charge is 0.206 e. The highest BCUT2D eigenvalue weighted by Gasteiger charge is 2.38. The van der Waals surface area contributed by atoms with Crippen LogP contribution in [0.1, 0.15) is 18.5 Å². The van der Waals surface area contributed by atoms with Crippen molar-refractivity contribution in [3.05, 3.63) is 60.2 Å². The monoisotopic (exact) mass is 263 g/mol. The van der Waals surface area contributed by atoms with Gasteiger partial charge in [-0.1, -0.05) is 42.5 Å². The van der Waals surface area contributed by atoms with Gasteiger partial charge >= 0.3 is 0 Å². The van der Waals surface area contributed by atoms with Gasteiger partial charge in [-0.3, -0.25) is 0 Å². The summed E-state index contributed by atoms with van der Waals surface area (Å²) in [5.74, 6) is 1.10. The molecule has 0 radical (unpaired) electrons. The van der Waals surface area contributed by atoms with Crippen molar-refractivity contribution in [2.24, 2.45) is 4.99 Å². The van der Waals surface area contributed by atoms with Gasteiger partial charge in [-0.25, -0.2) is 4.99 Å². The molecule has 4 rings (SSSR count). The van der Waals surface area contributed by atoms with Gasteiger partial charge in [0.2, 0.25) is 5.96 Å². The van der Waals surface area contributed by atoms with Gasteiger partial charge in [0.1, 0.15) is 0 Å². The lowest BCUT2D eigenvalue weighted by molar-refractivity contribution is 0.780. The number of fused-ring (bicyclic) bond motifs is 3. The van der Waals surface area contributed by atoms with Crippen molar-refractivity contribution < 1.29 is 0 Å². The highest BCUT2D eigenvalue weighted by atomic mass is 15.5. The molecule has 0 bridgehead atoms. The van der Waals surface area contributed by atoms with E-state index in [2.05, 4.69) is 71.3 Å². The van der Waals surface area contributed by atoms with Crippen LogP contribution in [0.2, 0.25) is 0 Å². The van der Waals surface area contributed by atoms with Crippen molar-refractivity contribution in [2.75, 3.05) is 22.9 Å². The van der Waals surface area contributed by atoms with E-state index in [4.69, 9.17) is 4.99 Å². The molecule has 0 amide bonds. The second-order valence-electron chi connectivity index (χ2n) is 5.20. The van der Waals surface area contributed by atoms with E-state index in [0.717, 1.165) is 19.0 Å². The van der Waals surface area contributed by atoms with Crippen LogP contribution in [-0.4, -0.2) is 19.0 Å². The predicted octanol–water partition coefficient (Wildman–Crippen LogP) is 3.44. The highest BCUT2D eigenvalue weighted by Crippen LogP contribution is 2.41. The van der Waals surface area contributed by atoms with Gasteiger partial charge in [0.25, 0.3) is 0 Å². The van der Waals surface area contributed by atoms with Crippen LogP contribution in [0.5, 0.6) is 0 Å². The maximum Gasteiger partial charge on any atom is 0.206 e. The number of benzene rings is 2. The zero-order valence-electron chi connectivity index (χ0n) is 11.5. The minimum Gasteiger partial charge on any atom is -0.310 e. The van der Waals surface area contributed by atoms with Crippen LogP contribution in [0.3, 0.4) is 0 Å². The Morgan fingerprint density at radius 2 is 1.70 bits per heavy atom. The minimum atomic E-state index is 0.244. The lowest BCUT2D eigenvalue weighted by Gasteiger charge is -2.16. The molecular formula is C17H17N3. The van der Waals surface area contributed by atoms with Gasteiger partial charge in [0, 0.05) is 6.54 Å². The summed E-state index contributed by atoms with van der Waals surface area (Å²) in [7, 11) is 0. The summed E-state index contributed by atoms with van der Waals surface area (Å²) in [4.78, 5) is 9.60. The lowest BCUT2D eigenvalue weighted by atomic mass is 10.1. The average Bonchev–Trinajstić information content (AvgIpc) is 3.05. The first kappa shape index (κ1) is 11.5. The summed E-state index contributed by atoms with van der Waals surface area (Å²) in [6.07, 6.45) is 0. The molecule has 0 spiro atoms. The van der Waals surface area contributed by atoms with Crippen molar-refractivity contribution in [2.45, 2.75) is 13.0 Å². The van der Waals surface area contributed by atoms with Gasteiger partial charge in [-0.05, 0) is 24.6 Å². The second kappa shape index (κ2) is 4.37. The predicted molar refractivity (Wildman–Crippen MR) is 83.4 cm³/mol. The number of nitrogens with zero attached hydrogens (tertiary/aromatic N) is 3. The molecule has 0 saturated carbocycles. The average molecular weight is 263 g/mol. The molecule has 20 heavy (non-hydrogen) atoms. The molecule has 0 fully saturated rings. The van der Waals surface area contributed by atoms with Crippen LogP contribution < -0.4 is 9.80 Å². The fourth-order valence-corrected chi connectivity index (χ4v) is 3.12. The highest BCUT2D eigenvalue weighted by molar-refractivity contribution is 6.17. The third-order valence-corrected chi connectivity index (χ3v) is 4.07. The molecule has 3 heteroatoms. The Hall–Kier alpha value is -2.29. The molecule has 2 aromatic rings. The zero-order valence-corrected chi connectivity index (χ0v) is 11.5. The molecule has 3 nitrogen and oxygen atoms in total. The van der Waals surface area contributed by atoms with Crippen molar-refractivity contribution >= 4 is 17.3 Å². The first-order valence-electron chi connectivity index (χ1n) is 7.15. The first-order chi connectivity index (χ1) is 9.88. The third kappa shape index (κ3) is 1.56.